The van der Waals surface area contributed by atoms with Crippen molar-refractivity contribution in [1.82, 2.24) is 14.1 Å². The van der Waals surface area contributed by atoms with Crippen LogP contribution in [0.2, 0.25) is 0 Å². The highest BCUT2D eigenvalue weighted by molar-refractivity contribution is 7.89. The van der Waals surface area contributed by atoms with E-state index >= 15 is 0 Å². The number of nitrogens with zero attached hydrogens (tertiary/aromatic N) is 3. The first-order valence-electron chi connectivity index (χ1n) is 8.30. The second kappa shape index (κ2) is 6.97. The number of piperidine rings is 1. The summed E-state index contributed by atoms with van der Waals surface area (Å²) in [5, 5.41) is 6.62. The highest BCUT2D eigenvalue weighted by Crippen LogP contribution is 2.23. The summed E-state index contributed by atoms with van der Waals surface area (Å²) in [6, 6.07) is 7.32. The van der Waals surface area contributed by atoms with Crippen LogP contribution in [0.5, 0.6) is 0 Å². The molecule has 0 unspecified atom stereocenters. The zero-order valence-electron chi connectivity index (χ0n) is 14.4. The first kappa shape index (κ1) is 17.6. The highest BCUT2D eigenvalue weighted by atomic mass is 32.2. The van der Waals surface area contributed by atoms with Crippen LogP contribution < -0.4 is 5.32 Å². The molecule has 0 saturated carbocycles. The zero-order chi connectivity index (χ0) is 18.0. The van der Waals surface area contributed by atoms with Crippen LogP contribution in [0.4, 0.5) is 5.69 Å². The number of hydrogen-bond donors (Lipinski definition) is 1. The van der Waals surface area contributed by atoms with E-state index in [0.717, 1.165) is 24.8 Å². The van der Waals surface area contributed by atoms with E-state index in [2.05, 4.69) is 10.4 Å². The fourth-order valence-electron chi connectivity index (χ4n) is 2.88. The first-order valence-corrected chi connectivity index (χ1v) is 9.74. The summed E-state index contributed by atoms with van der Waals surface area (Å²) in [5.41, 5.74) is 1.75. The number of amides is 1. The third-order valence-electron chi connectivity index (χ3n) is 4.25. The number of carbonyl (C=O) groups excluding carboxylic acids is 1. The van der Waals surface area contributed by atoms with E-state index in [1.165, 1.54) is 15.2 Å². The molecule has 1 N–H and O–H groups in total. The number of hydrogen-bond acceptors (Lipinski definition) is 4. The third kappa shape index (κ3) is 3.74. The van der Waals surface area contributed by atoms with E-state index in [4.69, 9.17) is 0 Å². The minimum atomic E-state index is -3.78. The summed E-state index contributed by atoms with van der Waals surface area (Å²) in [5.74, 6) is -0.479. The number of rotatable bonds is 4. The van der Waals surface area contributed by atoms with Crippen LogP contribution in [-0.4, -0.2) is 41.5 Å². The van der Waals surface area contributed by atoms with E-state index in [1.54, 1.807) is 19.2 Å². The van der Waals surface area contributed by atoms with E-state index in [0.29, 0.717) is 18.8 Å². The Bertz CT molecular complexity index is 866. The number of aromatic nitrogens is 2. The van der Waals surface area contributed by atoms with Crippen LogP contribution in [0.25, 0.3) is 0 Å². The summed E-state index contributed by atoms with van der Waals surface area (Å²) in [6.45, 7) is 2.89. The Morgan fingerprint density at radius 1 is 1.12 bits per heavy atom. The van der Waals surface area contributed by atoms with Crippen molar-refractivity contribution in [2.75, 3.05) is 18.4 Å². The average Bonchev–Trinajstić information content (AvgIpc) is 3.00. The van der Waals surface area contributed by atoms with Gasteiger partial charge in [-0.1, -0.05) is 24.1 Å². The lowest BCUT2D eigenvalue weighted by atomic mass is 10.2. The first-order chi connectivity index (χ1) is 11.9. The number of aryl methyl sites for hydroxylation is 2. The summed E-state index contributed by atoms with van der Waals surface area (Å²) < 4.78 is 28.6. The minimum absolute atomic E-state index is 0.0636. The monoisotopic (exact) mass is 362 g/mol. The topological polar surface area (TPSA) is 84.3 Å². The molecule has 3 rings (SSSR count). The van der Waals surface area contributed by atoms with Crippen molar-refractivity contribution in [1.29, 1.82) is 0 Å². The Balaban J connectivity index is 1.89. The van der Waals surface area contributed by atoms with Crippen molar-refractivity contribution in [3.05, 3.63) is 41.6 Å². The molecular formula is C17H22N4O3S. The third-order valence-corrected chi connectivity index (χ3v) is 6.08. The highest BCUT2D eigenvalue weighted by Gasteiger charge is 2.33. The van der Waals surface area contributed by atoms with Crippen molar-refractivity contribution >= 4 is 21.6 Å². The lowest BCUT2D eigenvalue weighted by Crippen LogP contribution is -2.36. The molecule has 1 saturated heterocycles. The van der Waals surface area contributed by atoms with Gasteiger partial charge in [-0.2, -0.15) is 9.40 Å². The van der Waals surface area contributed by atoms with Gasteiger partial charge in [-0.15, -0.1) is 0 Å². The van der Waals surface area contributed by atoms with E-state index in [1.807, 2.05) is 19.1 Å². The second-order valence-corrected chi connectivity index (χ2v) is 8.16. The Morgan fingerprint density at radius 2 is 1.76 bits per heavy atom. The van der Waals surface area contributed by atoms with Gasteiger partial charge in [0.15, 0.2) is 0 Å². The lowest BCUT2D eigenvalue weighted by Gasteiger charge is -2.25. The zero-order valence-corrected chi connectivity index (χ0v) is 15.2. The quantitative estimate of drug-likeness (QED) is 0.903. The molecule has 25 heavy (non-hydrogen) atoms. The molecule has 0 radical (unpaired) electrons. The van der Waals surface area contributed by atoms with Gasteiger partial charge < -0.3 is 5.32 Å². The minimum Gasteiger partial charge on any atom is -0.322 e. The van der Waals surface area contributed by atoms with Gasteiger partial charge in [0.25, 0.3) is 15.9 Å². The molecule has 8 heteroatoms. The van der Waals surface area contributed by atoms with Gasteiger partial charge in [-0.3, -0.25) is 9.48 Å². The standard InChI is InChI=1S/C17H22N4O3S/c1-13-6-8-14(9-7-13)18-16(22)15-12-20(2)19-17(15)25(23,24)21-10-4-3-5-11-21/h6-9,12H,3-5,10-11H2,1-2H3,(H,18,22). The Kier molecular flexibility index (Phi) is 4.91. The molecule has 1 aliphatic heterocycles. The Morgan fingerprint density at radius 3 is 2.40 bits per heavy atom. The number of benzene rings is 1. The molecule has 0 atom stereocenters. The van der Waals surface area contributed by atoms with Crippen LogP contribution in [0.1, 0.15) is 35.2 Å². The van der Waals surface area contributed by atoms with Crippen molar-refractivity contribution in [2.45, 2.75) is 31.2 Å². The molecule has 0 bridgehead atoms. The Hall–Kier alpha value is -2.19. The van der Waals surface area contributed by atoms with Crippen molar-refractivity contribution in [2.24, 2.45) is 7.05 Å². The number of carbonyl (C=O) groups is 1. The number of nitrogens with one attached hydrogen (secondary N) is 1. The molecule has 0 spiro atoms. The summed E-state index contributed by atoms with van der Waals surface area (Å²) in [4.78, 5) is 12.6. The van der Waals surface area contributed by atoms with Crippen LogP contribution in [0, 0.1) is 6.92 Å². The van der Waals surface area contributed by atoms with Crippen LogP contribution in [-0.2, 0) is 17.1 Å². The van der Waals surface area contributed by atoms with Gasteiger partial charge in [0.2, 0.25) is 5.03 Å². The lowest BCUT2D eigenvalue weighted by molar-refractivity contribution is 0.102. The largest absolute Gasteiger partial charge is 0.322 e. The molecule has 0 aliphatic carbocycles. The summed E-state index contributed by atoms with van der Waals surface area (Å²) in [7, 11) is -2.17. The molecule has 7 nitrogen and oxygen atoms in total. The molecule has 1 aromatic carbocycles. The molecule has 1 fully saturated rings. The smallest absolute Gasteiger partial charge is 0.263 e. The molecule has 2 heterocycles. The van der Waals surface area contributed by atoms with Gasteiger partial charge in [0.1, 0.15) is 0 Å². The molecule has 1 amide bonds. The van der Waals surface area contributed by atoms with E-state index in [-0.39, 0.29) is 10.6 Å². The number of anilines is 1. The van der Waals surface area contributed by atoms with Gasteiger partial charge >= 0.3 is 0 Å². The summed E-state index contributed by atoms with van der Waals surface area (Å²) in [6.07, 6.45) is 4.13. The van der Waals surface area contributed by atoms with Gasteiger partial charge in [-0.25, -0.2) is 8.42 Å². The van der Waals surface area contributed by atoms with Crippen molar-refractivity contribution in [3.63, 3.8) is 0 Å². The van der Waals surface area contributed by atoms with Crippen molar-refractivity contribution < 1.29 is 13.2 Å². The molecule has 1 aromatic heterocycles. The van der Waals surface area contributed by atoms with Crippen LogP contribution >= 0.6 is 0 Å². The van der Waals surface area contributed by atoms with E-state index in [9.17, 15) is 13.2 Å². The second-order valence-electron chi connectivity index (χ2n) is 6.31. The molecular weight excluding hydrogens is 340 g/mol. The number of sulfonamides is 1. The SMILES string of the molecule is Cc1ccc(NC(=O)c2cn(C)nc2S(=O)(=O)N2CCCCC2)cc1. The van der Waals surface area contributed by atoms with Gasteiger partial charge in [-0.05, 0) is 31.9 Å². The van der Waals surface area contributed by atoms with E-state index < -0.39 is 15.9 Å². The maximum Gasteiger partial charge on any atom is 0.263 e. The predicted octanol–water partition coefficient (Wildman–Crippen LogP) is 2.16. The molecule has 1 aliphatic rings. The average molecular weight is 362 g/mol. The molecule has 2 aromatic rings. The maximum absolute atomic E-state index is 12.9. The molecule has 134 valence electrons. The van der Waals surface area contributed by atoms with Crippen molar-refractivity contribution in [3.8, 4) is 0 Å². The normalized spacial score (nSPS) is 15.9. The summed E-state index contributed by atoms with van der Waals surface area (Å²) >= 11 is 0. The fraction of sp³-hybridized carbons (Fsp3) is 0.412. The Labute approximate surface area is 147 Å². The maximum atomic E-state index is 12.9. The van der Waals surface area contributed by atoms with Gasteiger partial charge in [0, 0.05) is 32.0 Å². The van der Waals surface area contributed by atoms with Crippen LogP contribution in [0.3, 0.4) is 0 Å². The predicted molar refractivity (Wildman–Crippen MR) is 95.0 cm³/mol. The van der Waals surface area contributed by atoms with Gasteiger partial charge in [0.05, 0.1) is 5.56 Å². The fourth-order valence-corrected chi connectivity index (χ4v) is 4.52. The van der Waals surface area contributed by atoms with Crippen LogP contribution in [0.15, 0.2) is 35.5 Å².